The second-order valence-electron chi connectivity index (χ2n) is 4.30. The largest absolute Gasteiger partial charge is 0.352 e. The zero-order chi connectivity index (χ0) is 13.4. The van der Waals surface area contributed by atoms with Crippen molar-refractivity contribution < 1.29 is 0 Å². The number of guanidine groups is 1. The number of halogens is 1. The Kier molecular flexibility index (Phi) is 6.58. The second-order valence-corrected chi connectivity index (χ2v) is 4.74. The number of hydrogen-bond donors (Lipinski definition) is 1. The molecule has 3 nitrogen and oxygen atoms in total. The summed E-state index contributed by atoms with van der Waals surface area (Å²) in [5.41, 5.74) is 1.20. The third kappa shape index (κ3) is 4.96. The minimum atomic E-state index is 0.764. The monoisotopic (exact) mass is 267 g/mol. The predicted molar refractivity (Wildman–Crippen MR) is 79.2 cm³/mol. The Morgan fingerprint density at radius 2 is 2.00 bits per heavy atom. The van der Waals surface area contributed by atoms with Crippen molar-refractivity contribution in [1.29, 1.82) is 0 Å². The van der Waals surface area contributed by atoms with E-state index in [4.69, 9.17) is 11.6 Å². The summed E-state index contributed by atoms with van der Waals surface area (Å²) in [6.07, 6.45) is 2.37. The Balaban J connectivity index is 2.47. The first-order chi connectivity index (χ1) is 8.67. The van der Waals surface area contributed by atoms with Gasteiger partial charge >= 0.3 is 0 Å². The lowest BCUT2D eigenvalue weighted by molar-refractivity contribution is 0.464. The van der Waals surface area contributed by atoms with Crippen LogP contribution in [0.1, 0.15) is 25.3 Å². The summed E-state index contributed by atoms with van der Waals surface area (Å²) >= 11 is 5.86. The Hall–Kier alpha value is -1.22. The highest BCUT2D eigenvalue weighted by atomic mass is 35.5. The summed E-state index contributed by atoms with van der Waals surface area (Å²) in [4.78, 5) is 6.43. The van der Waals surface area contributed by atoms with Gasteiger partial charge in [-0.25, -0.2) is 0 Å². The third-order valence-corrected chi connectivity index (χ3v) is 3.04. The first kappa shape index (κ1) is 14.8. The number of unbranched alkanes of at least 4 members (excludes halogenated alkanes) is 1. The Morgan fingerprint density at radius 1 is 1.33 bits per heavy atom. The molecule has 0 radical (unpaired) electrons. The first-order valence-electron chi connectivity index (χ1n) is 6.33. The molecule has 1 N–H and O–H groups in total. The van der Waals surface area contributed by atoms with E-state index < -0.39 is 0 Å². The maximum atomic E-state index is 5.86. The molecule has 4 heteroatoms. The average molecular weight is 268 g/mol. The molecule has 0 unspecified atom stereocenters. The van der Waals surface area contributed by atoms with Crippen LogP contribution >= 0.6 is 11.6 Å². The number of nitrogens with zero attached hydrogens (tertiary/aromatic N) is 2. The summed E-state index contributed by atoms with van der Waals surface area (Å²) in [7, 11) is 3.87. The average Bonchev–Trinajstić information content (AvgIpc) is 2.39. The SMILES string of the molecule is CCCCN(C)C(=NC)NCc1ccc(Cl)cc1. The van der Waals surface area contributed by atoms with Gasteiger partial charge in [-0.3, -0.25) is 4.99 Å². The molecule has 0 aliphatic rings. The molecule has 18 heavy (non-hydrogen) atoms. The Bertz CT molecular complexity index is 373. The molecule has 0 aliphatic heterocycles. The first-order valence-corrected chi connectivity index (χ1v) is 6.71. The van der Waals surface area contributed by atoms with Crippen molar-refractivity contribution in [3.63, 3.8) is 0 Å². The lowest BCUT2D eigenvalue weighted by Crippen LogP contribution is -2.38. The number of nitrogens with one attached hydrogen (secondary N) is 1. The van der Waals surface area contributed by atoms with Crippen LogP contribution in [0, 0.1) is 0 Å². The fraction of sp³-hybridized carbons (Fsp3) is 0.500. The van der Waals surface area contributed by atoms with E-state index in [1.165, 1.54) is 18.4 Å². The van der Waals surface area contributed by atoms with Crippen molar-refractivity contribution in [2.45, 2.75) is 26.3 Å². The van der Waals surface area contributed by atoms with Gasteiger partial charge in [0.2, 0.25) is 0 Å². The van der Waals surface area contributed by atoms with Gasteiger partial charge in [-0.15, -0.1) is 0 Å². The van der Waals surface area contributed by atoms with Crippen LogP contribution in [0.2, 0.25) is 5.02 Å². The van der Waals surface area contributed by atoms with Crippen LogP contribution in [0.15, 0.2) is 29.3 Å². The van der Waals surface area contributed by atoms with Crippen LogP contribution in [0.3, 0.4) is 0 Å². The number of rotatable bonds is 5. The standard InChI is InChI=1S/C14H22ClN3/c1-4-5-10-18(3)14(16-2)17-11-12-6-8-13(15)9-7-12/h6-9H,4-5,10-11H2,1-3H3,(H,16,17). The molecule has 0 heterocycles. The maximum Gasteiger partial charge on any atom is 0.193 e. The van der Waals surface area contributed by atoms with E-state index in [2.05, 4.69) is 29.2 Å². The summed E-state index contributed by atoms with van der Waals surface area (Å²) < 4.78 is 0. The van der Waals surface area contributed by atoms with Crippen molar-refractivity contribution in [3.8, 4) is 0 Å². The van der Waals surface area contributed by atoms with E-state index in [-0.39, 0.29) is 0 Å². The number of aliphatic imine (C=N–C) groups is 1. The lowest BCUT2D eigenvalue weighted by atomic mass is 10.2. The minimum absolute atomic E-state index is 0.764. The van der Waals surface area contributed by atoms with Crippen molar-refractivity contribution in [1.82, 2.24) is 10.2 Å². The minimum Gasteiger partial charge on any atom is -0.352 e. The molecule has 0 fully saturated rings. The lowest BCUT2D eigenvalue weighted by Gasteiger charge is -2.21. The number of hydrogen-bond acceptors (Lipinski definition) is 1. The van der Waals surface area contributed by atoms with Gasteiger partial charge in [0.25, 0.3) is 0 Å². The highest BCUT2D eigenvalue weighted by molar-refractivity contribution is 6.30. The molecule has 100 valence electrons. The van der Waals surface area contributed by atoms with E-state index in [9.17, 15) is 0 Å². The van der Waals surface area contributed by atoms with E-state index in [1.54, 1.807) is 0 Å². The predicted octanol–water partition coefficient (Wildman–Crippen LogP) is 3.15. The van der Waals surface area contributed by atoms with Crippen molar-refractivity contribution >= 4 is 17.6 Å². The molecule has 0 atom stereocenters. The molecular weight excluding hydrogens is 246 g/mol. The van der Waals surface area contributed by atoms with Gasteiger partial charge in [-0.05, 0) is 24.1 Å². The maximum absolute atomic E-state index is 5.86. The zero-order valence-corrected chi connectivity index (χ0v) is 12.2. The van der Waals surface area contributed by atoms with E-state index in [0.717, 1.165) is 24.1 Å². The molecule has 0 amide bonds. The fourth-order valence-electron chi connectivity index (χ4n) is 1.67. The number of benzene rings is 1. The Labute approximate surface area is 115 Å². The van der Waals surface area contributed by atoms with Crippen LogP contribution < -0.4 is 5.32 Å². The van der Waals surface area contributed by atoms with Crippen LogP contribution in [0.5, 0.6) is 0 Å². The molecule has 0 aliphatic carbocycles. The van der Waals surface area contributed by atoms with Gasteiger partial charge in [0.15, 0.2) is 5.96 Å². The summed E-state index contributed by atoms with van der Waals surface area (Å²) in [6, 6.07) is 7.85. The zero-order valence-electron chi connectivity index (χ0n) is 11.4. The molecule has 0 saturated heterocycles. The molecule has 0 bridgehead atoms. The molecule has 0 aromatic heterocycles. The highest BCUT2D eigenvalue weighted by Gasteiger charge is 2.04. The van der Waals surface area contributed by atoms with E-state index in [1.807, 2.05) is 31.3 Å². The van der Waals surface area contributed by atoms with Crippen molar-refractivity contribution in [2.75, 3.05) is 20.6 Å². The van der Waals surface area contributed by atoms with Crippen LogP contribution in [-0.2, 0) is 6.54 Å². The summed E-state index contributed by atoms with van der Waals surface area (Å²) in [5.74, 6) is 0.929. The highest BCUT2D eigenvalue weighted by Crippen LogP contribution is 2.09. The van der Waals surface area contributed by atoms with Crippen LogP contribution in [-0.4, -0.2) is 31.5 Å². The molecule has 1 rings (SSSR count). The quantitative estimate of drug-likeness (QED) is 0.656. The Morgan fingerprint density at radius 3 is 2.56 bits per heavy atom. The fourth-order valence-corrected chi connectivity index (χ4v) is 1.80. The molecule has 1 aromatic carbocycles. The van der Waals surface area contributed by atoms with Gasteiger partial charge in [0.1, 0.15) is 0 Å². The van der Waals surface area contributed by atoms with Crippen molar-refractivity contribution in [3.05, 3.63) is 34.9 Å². The summed E-state index contributed by atoms with van der Waals surface area (Å²) in [5, 5.41) is 4.11. The third-order valence-electron chi connectivity index (χ3n) is 2.78. The smallest absolute Gasteiger partial charge is 0.193 e. The molecule has 0 spiro atoms. The van der Waals surface area contributed by atoms with Gasteiger partial charge < -0.3 is 10.2 Å². The summed E-state index contributed by atoms with van der Waals surface area (Å²) in [6.45, 7) is 3.98. The molecular formula is C14H22ClN3. The van der Waals surface area contributed by atoms with Gasteiger partial charge in [0, 0.05) is 32.2 Å². The normalized spacial score (nSPS) is 11.4. The van der Waals surface area contributed by atoms with E-state index in [0.29, 0.717) is 0 Å². The second kappa shape index (κ2) is 7.98. The van der Waals surface area contributed by atoms with Crippen LogP contribution in [0.4, 0.5) is 0 Å². The van der Waals surface area contributed by atoms with Gasteiger partial charge in [0.05, 0.1) is 0 Å². The van der Waals surface area contributed by atoms with Crippen molar-refractivity contribution in [2.24, 2.45) is 4.99 Å². The topological polar surface area (TPSA) is 27.6 Å². The van der Waals surface area contributed by atoms with Crippen LogP contribution in [0.25, 0.3) is 0 Å². The van der Waals surface area contributed by atoms with E-state index >= 15 is 0 Å². The van der Waals surface area contributed by atoms with Gasteiger partial charge in [-0.1, -0.05) is 37.1 Å². The molecule has 1 aromatic rings. The van der Waals surface area contributed by atoms with Gasteiger partial charge in [-0.2, -0.15) is 0 Å². The molecule has 0 saturated carbocycles.